The normalized spacial score (nSPS) is 8.50. The van der Waals surface area contributed by atoms with Gasteiger partial charge in [-0.25, -0.2) is 0 Å². The molecule has 0 N–H and O–H groups in total. The summed E-state index contributed by atoms with van der Waals surface area (Å²) >= 11 is 0. The van der Waals surface area contributed by atoms with E-state index in [0.717, 1.165) is 5.75 Å². The van der Waals surface area contributed by atoms with E-state index in [1.165, 1.54) is 5.56 Å². The summed E-state index contributed by atoms with van der Waals surface area (Å²) in [6, 6.07) is 20.0. The Morgan fingerprint density at radius 3 is 1.75 bits per heavy atom. The summed E-state index contributed by atoms with van der Waals surface area (Å²) in [6.45, 7) is 0.630. The van der Waals surface area contributed by atoms with Crippen molar-refractivity contribution in [3.63, 3.8) is 0 Å². The summed E-state index contributed by atoms with van der Waals surface area (Å²) in [7, 11) is 0. The first-order valence-electron chi connectivity index (χ1n) is 4.67. The van der Waals surface area contributed by atoms with Gasteiger partial charge < -0.3 is 4.74 Å². The van der Waals surface area contributed by atoms with E-state index in [-0.39, 0.29) is 24.8 Å². The Morgan fingerprint density at radius 1 is 0.688 bits per heavy atom. The highest BCUT2D eigenvalue weighted by Gasteiger charge is 1.92. The predicted octanol–water partition coefficient (Wildman–Crippen LogP) is 4.11. The molecule has 0 radical (unpaired) electrons. The zero-order valence-corrected chi connectivity index (χ0v) is 10.3. The van der Waals surface area contributed by atoms with E-state index >= 15 is 0 Å². The standard InChI is InChI=1S/C13H12O.2ClH/c1-3-7-12(8-4-1)11-14-13-9-5-2-6-10-13;;/h1-10H,11H2;2*1H. The predicted molar refractivity (Wildman–Crippen MR) is 71.7 cm³/mol. The van der Waals surface area contributed by atoms with E-state index in [4.69, 9.17) is 4.74 Å². The summed E-state index contributed by atoms with van der Waals surface area (Å²) in [5.74, 6) is 0.913. The van der Waals surface area contributed by atoms with E-state index in [0.29, 0.717) is 6.61 Å². The van der Waals surface area contributed by atoms with Gasteiger partial charge in [0.1, 0.15) is 12.4 Å². The summed E-state index contributed by atoms with van der Waals surface area (Å²) in [6.07, 6.45) is 0. The zero-order valence-electron chi connectivity index (χ0n) is 8.71. The molecule has 0 aliphatic carbocycles. The molecule has 0 saturated carbocycles. The lowest BCUT2D eigenvalue weighted by molar-refractivity contribution is 0.306. The molecule has 0 amide bonds. The van der Waals surface area contributed by atoms with Gasteiger partial charge in [0, 0.05) is 0 Å². The fourth-order valence-electron chi connectivity index (χ4n) is 1.26. The van der Waals surface area contributed by atoms with Gasteiger partial charge in [-0.05, 0) is 17.7 Å². The van der Waals surface area contributed by atoms with Gasteiger partial charge in [-0.1, -0.05) is 48.5 Å². The average molecular weight is 257 g/mol. The Labute approximate surface area is 108 Å². The molecule has 0 unspecified atom stereocenters. The van der Waals surface area contributed by atoms with Gasteiger partial charge in [0.15, 0.2) is 0 Å². The lowest BCUT2D eigenvalue weighted by Crippen LogP contribution is -1.94. The van der Waals surface area contributed by atoms with Crippen LogP contribution in [0.1, 0.15) is 5.56 Å². The monoisotopic (exact) mass is 256 g/mol. The largest absolute Gasteiger partial charge is 0.489 e. The molecule has 0 fully saturated rings. The molecule has 0 aliphatic heterocycles. The topological polar surface area (TPSA) is 9.23 Å². The van der Waals surface area contributed by atoms with Crippen LogP contribution in [0.25, 0.3) is 0 Å². The second kappa shape index (κ2) is 8.03. The number of benzene rings is 2. The molecule has 2 aromatic rings. The van der Waals surface area contributed by atoms with Crippen molar-refractivity contribution in [1.29, 1.82) is 0 Å². The Bertz CT molecular complexity index is 336. The third kappa shape index (κ3) is 4.56. The first kappa shape index (κ1) is 14.8. The highest BCUT2D eigenvalue weighted by Crippen LogP contribution is 2.10. The van der Waals surface area contributed by atoms with Gasteiger partial charge in [0.25, 0.3) is 0 Å². The molecule has 0 saturated heterocycles. The fourth-order valence-corrected chi connectivity index (χ4v) is 1.26. The van der Waals surface area contributed by atoms with Crippen molar-refractivity contribution in [2.24, 2.45) is 0 Å². The highest BCUT2D eigenvalue weighted by atomic mass is 35.5. The van der Waals surface area contributed by atoms with Crippen LogP contribution in [0, 0.1) is 0 Å². The molecular weight excluding hydrogens is 243 g/mol. The average Bonchev–Trinajstić information content (AvgIpc) is 2.29. The maximum Gasteiger partial charge on any atom is 0.119 e. The maximum absolute atomic E-state index is 5.59. The van der Waals surface area contributed by atoms with Gasteiger partial charge in [-0.15, -0.1) is 24.8 Å². The molecule has 86 valence electrons. The quantitative estimate of drug-likeness (QED) is 0.804. The molecule has 0 heterocycles. The summed E-state index contributed by atoms with van der Waals surface area (Å²) in [4.78, 5) is 0. The van der Waals surface area contributed by atoms with Crippen molar-refractivity contribution < 1.29 is 4.74 Å². The van der Waals surface area contributed by atoms with Crippen molar-refractivity contribution in [3.05, 3.63) is 66.2 Å². The van der Waals surface area contributed by atoms with Crippen molar-refractivity contribution in [2.75, 3.05) is 0 Å². The van der Waals surface area contributed by atoms with Crippen LogP contribution in [-0.4, -0.2) is 0 Å². The highest BCUT2D eigenvalue weighted by molar-refractivity contribution is 5.85. The molecule has 0 atom stereocenters. The lowest BCUT2D eigenvalue weighted by Gasteiger charge is -2.05. The minimum atomic E-state index is 0. The summed E-state index contributed by atoms with van der Waals surface area (Å²) in [5, 5.41) is 0. The molecule has 0 aromatic heterocycles. The van der Waals surface area contributed by atoms with Crippen LogP contribution >= 0.6 is 24.8 Å². The van der Waals surface area contributed by atoms with E-state index in [9.17, 15) is 0 Å². The van der Waals surface area contributed by atoms with Crippen LogP contribution in [0.5, 0.6) is 5.75 Å². The maximum atomic E-state index is 5.59. The first-order valence-corrected chi connectivity index (χ1v) is 4.67. The number of halogens is 2. The zero-order chi connectivity index (χ0) is 9.64. The van der Waals surface area contributed by atoms with Crippen molar-refractivity contribution in [3.8, 4) is 5.75 Å². The number of para-hydroxylation sites is 1. The van der Waals surface area contributed by atoms with Crippen LogP contribution in [-0.2, 0) is 6.61 Å². The number of hydrogen-bond donors (Lipinski definition) is 0. The van der Waals surface area contributed by atoms with Gasteiger partial charge in [0.2, 0.25) is 0 Å². The van der Waals surface area contributed by atoms with Crippen molar-refractivity contribution in [2.45, 2.75) is 6.61 Å². The van der Waals surface area contributed by atoms with Crippen molar-refractivity contribution in [1.82, 2.24) is 0 Å². The van der Waals surface area contributed by atoms with E-state index in [1.807, 2.05) is 48.5 Å². The van der Waals surface area contributed by atoms with Gasteiger partial charge in [0.05, 0.1) is 0 Å². The van der Waals surface area contributed by atoms with E-state index in [1.54, 1.807) is 0 Å². The smallest absolute Gasteiger partial charge is 0.119 e. The molecule has 0 aliphatic rings. The molecule has 1 nitrogen and oxygen atoms in total. The Morgan fingerprint density at radius 2 is 1.19 bits per heavy atom. The summed E-state index contributed by atoms with van der Waals surface area (Å²) in [5.41, 5.74) is 1.19. The Balaban J connectivity index is 0.00000112. The van der Waals surface area contributed by atoms with Gasteiger partial charge in [-0.3, -0.25) is 0 Å². The molecule has 3 heteroatoms. The third-order valence-corrected chi connectivity index (χ3v) is 1.99. The van der Waals surface area contributed by atoms with Crippen LogP contribution in [0.4, 0.5) is 0 Å². The summed E-state index contributed by atoms with van der Waals surface area (Å²) < 4.78 is 5.59. The van der Waals surface area contributed by atoms with Gasteiger partial charge >= 0.3 is 0 Å². The van der Waals surface area contributed by atoms with Crippen molar-refractivity contribution >= 4 is 24.8 Å². The third-order valence-electron chi connectivity index (χ3n) is 1.99. The molecule has 2 rings (SSSR count). The first-order chi connectivity index (χ1) is 6.95. The Kier molecular flexibility index (Phi) is 7.44. The Hall–Kier alpha value is -1.18. The minimum Gasteiger partial charge on any atom is -0.489 e. The molecule has 0 bridgehead atoms. The van der Waals surface area contributed by atoms with Crippen LogP contribution in [0.15, 0.2) is 60.7 Å². The number of hydrogen-bond acceptors (Lipinski definition) is 1. The lowest BCUT2D eigenvalue weighted by atomic mass is 10.2. The second-order valence-corrected chi connectivity index (χ2v) is 3.09. The molecule has 0 spiro atoms. The van der Waals surface area contributed by atoms with Crippen LogP contribution < -0.4 is 4.74 Å². The fraction of sp³-hybridized carbons (Fsp3) is 0.0769. The number of rotatable bonds is 3. The van der Waals surface area contributed by atoms with Gasteiger partial charge in [-0.2, -0.15) is 0 Å². The molecular formula is C13H14Cl2O. The molecule has 2 aromatic carbocycles. The second-order valence-electron chi connectivity index (χ2n) is 3.09. The van der Waals surface area contributed by atoms with Crippen LogP contribution in [0.3, 0.4) is 0 Å². The number of ether oxygens (including phenoxy) is 1. The minimum absolute atomic E-state index is 0. The SMILES string of the molecule is Cl.Cl.c1ccc(COc2ccccc2)cc1. The molecule has 16 heavy (non-hydrogen) atoms. The van der Waals surface area contributed by atoms with Crippen LogP contribution in [0.2, 0.25) is 0 Å². The van der Waals surface area contributed by atoms with E-state index in [2.05, 4.69) is 12.1 Å². The van der Waals surface area contributed by atoms with E-state index < -0.39 is 0 Å².